The smallest absolute Gasteiger partial charge is 0 e. The first kappa shape index (κ1) is 16.1. The van der Waals surface area contributed by atoms with Crippen molar-refractivity contribution >= 4 is 0 Å². The first-order valence-electron chi connectivity index (χ1n) is 5.49. The van der Waals surface area contributed by atoms with E-state index in [4.69, 9.17) is 5.73 Å². The summed E-state index contributed by atoms with van der Waals surface area (Å²) in [6.07, 6.45) is 0. The van der Waals surface area contributed by atoms with Gasteiger partial charge >= 0.3 is 0 Å². The maximum Gasteiger partial charge on any atom is 0 e. The zero-order chi connectivity index (χ0) is 11.8. The summed E-state index contributed by atoms with van der Waals surface area (Å²) in [5.74, 6) is 0. The van der Waals surface area contributed by atoms with Crippen LogP contribution in [0.1, 0.15) is 11.1 Å². The van der Waals surface area contributed by atoms with Gasteiger partial charge in [-0.3, -0.25) is 0 Å². The Kier molecular flexibility index (Phi) is 8.73. The predicted molar refractivity (Wildman–Crippen MR) is 69.4 cm³/mol. The monoisotopic (exact) mass is 272 g/mol. The fraction of sp³-hybridized carbons (Fsp3) is 0.286. The van der Waals surface area contributed by atoms with Gasteiger partial charge in [-0.25, -0.2) is 12.1 Å². The van der Waals surface area contributed by atoms with Crippen LogP contribution in [0.25, 0.3) is 0 Å². The zero-order valence-electron chi connectivity index (χ0n) is 10.4. The predicted octanol–water partition coefficient (Wildman–Crippen LogP) is 2.33. The van der Waals surface area contributed by atoms with Gasteiger partial charge in [0.05, 0.1) is 0 Å². The van der Waals surface area contributed by atoms with Gasteiger partial charge in [0.1, 0.15) is 0 Å². The number of nitrogens with two attached hydrogens (primary N) is 1. The van der Waals surface area contributed by atoms with E-state index < -0.39 is 0 Å². The van der Waals surface area contributed by atoms with Gasteiger partial charge < -0.3 is 41.0 Å². The molecule has 2 N–H and O–H groups in total. The Balaban J connectivity index is 0.000000360. The van der Waals surface area contributed by atoms with Crippen molar-refractivity contribution in [2.45, 2.75) is 13.1 Å². The molecule has 0 bridgehead atoms. The Bertz CT molecular complexity index is 346. The van der Waals surface area contributed by atoms with Crippen molar-refractivity contribution in [2.24, 2.45) is 5.73 Å². The van der Waals surface area contributed by atoms with Crippen LogP contribution in [0.4, 0.5) is 0 Å². The van der Waals surface area contributed by atoms with Gasteiger partial charge in [-0.2, -0.15) is 11.6 Å². The fourth-order valence-electron chi connectivity index (χ4n) is 1.51. The Labute approximate surface area is 115 Å². The maximum absolute atomic E-state index is 5.55. The van der Waals surface area contributed by atoms with Crippen LogP contribution < -0.4 is 5.73 Å². The van der Waals surface area contributed by atoms with Crippen molar-refractivity contribution < 1.29 is 17.1 Å². The molecule has 3 heteroatoms. The van der Waals surface area contributed by atoms with E-state index in [9.17, 15) is 0 Å². The Morgan fingerprint density at radius 2 is 1.71 bits per heavy atom. The quantitative estimate of drug-likeness (QED) is 0.686. The number of nitrogens with zero attached hydrogens (tertiary/aromatic N) is 1. The molecule has 0 atom stereocenters. The molecule has 0 saturated carbocycles. The van der Waals surface area contributed by atoms with E-state index in [1.165, 1.54) is 11.1 Å². The van der Waals surface area contributed by atoms with Crippen LogP contribution in [-0.2, 0) is 30.2 Å². The minimum atomic E-state index is 0. The van der Waals surface area contributed by atoms with Gasteiger partial charge in [-0.1, -0.05) is 0 Å². The molecule has 0 amide bonds. The molecule has 0 aliphatic heterocycles. The molecule has 2 rings (SSSR count). The second-order valence-electron chi connectivity index (χ2n) is 3.98. The van der Waals surface area contributed by atoms with Crippen molar-refractivity contribution in [1.82, 2.24) is 4.90 Å². The summed E-state index contributed by atoms with van der Waals surface area (Å²) in [5.41, 5.74) is 8.16. The van der Waals surface area contributed by atoms with Crippen LogP contribution in [0.3, 0.4) is 0 Å². The summed E-state index contributed by atoms with van der Waals surface area (Å²) in [6.45, 7) is 1.63. The van der Waals surface area contributed by atoms with Crippen LogP contribution in [0, 0.1) is 0 Å². The summed E-state index contributed by atoms with van der Waals surface area (Å²) >= 11 is 0. The standard InChI is InChI=1S/C9H15N2.C5H5.Fe/c1-11(2)7-9-5-3-4-8(9)6-10;1-2-4-5-3-1;/h3-5H,6-7,10H2,1-2H3;1-5H;/q-1;-5;. The van der Waals surface area contributed by atoms with E-state index >= 15 is 0 Å². The molecule has 0 heterocycles. The van der Waals surface area contributed by atoms with E-state index in [1.807, 2.05) is 30.3 Å². The van der Waals surface area contributed by atoms with Crippen molar-refractivity contribution in [3.05, 3.63) is 59.7 Å². The van der Waals surface area contributed by atoms with Gasteiger partial charge in [0.2, 0.25) is 0 Å². The van der Waals surface area contributed by atoms with Crippen LogP contribution in [0.15, 0.2) is 48.5 Å². The molecular formula is C14H20FeN2-6. The Morgan fingerprint density at radius 3 is 2.12 bits per heavy atom. The molecule has 0 saturated heterocycles. The second kappa shape index (κ2) is 9.20. The average molecular weight is 272 g/mol. The molecule has 0 unspecified atom stereocenters. The van der Waals surface area contributed by atoms with Crippen molar-refractivity contribution in [3.63, 3.8) is 0 Å². The van der Waals surface area contributed by atoms with E-state index in [0.29, 0.717) is 6.54 Å². The van der Waals surface area contributed by atoms with Crippen LogP contribution in [-0.4, -0.2) is 19.0 Å². The largest absolute Gasteiger partial charge is 0.748 e. The normalized spacial score (nSPS) is 9.41. The molecule has 2 aromatic carbocycles. The molecule has 0 fully saturated rings. The molecule has 0 aliphatic rings. The average Bonchev–Trinajstić information content (AvgIpc) is 2.89. The number of hydrogen-bond acceptors (Lipinski definition) is 2. The summed E-state index contributed by atoms with van der Waals surface area (Å²) in [7, 11) is 4.13. The van der Waals surface area contributed by atoms with Gasteiger partial charge in [0.25, 0.3) is 0 Å². The fourth-order valence-corrected chi connectivity index (χ4v) is 1.51. The SMILES string of the molecule is CN(C)C[c-]1cccc1CN.[Fe].[cH-]1[cH-][cH-][cH-][cH-]1. The van der Waals surface area contributed by atoms with E-state index in [-0.39, 0.29) is 17.1 Å². The van der Waals surface area contributed by atoms with Gasteiger partial charge in [-0.05, 0) is 27.2 Å². The molecule has 100 valence electrons. The summed E-state index contributed by atoms with van der Waals surface area (Å²) in [5, 5.41) is 0. The van der Waals surface area contributed by atoms with Gasteiger partial charge in [-0.15, -0.1) is 5.56 Å². The second-order valence-corrected chi connectivity index (χ2v) is 3.98. The molecule has 0 aliphatic carbocycles. The first-order chi connectivity index (χ1) is 7.74. The first-order valence-corrected chi connectivity index (χ1v) is 5.49. The van der Waals surface area contributed by atoms with Gasteiger partial charge in [0.15, 0.2) is 0 Å². The van der Waals surface area contributed by atoms with Gasteiger partial charge in [0, 0.05) is 17.1 Å². The molecule has 17 heavy (non-hydrogen) atoms. The number of rotatable bonds is 3. The molecular weight excluding hydrogens is 252 g/mol. The minimum absolute atomic E-state index is 0. The molecule has 2 aromatic rings. The molecule has 0 aromatic heterocycles. The third-order valence-electron chi connectivity index (χ3n) is 2.27. The third kappa shape index (κ3) is 6.44. The third-order valence-corrected chi connectivity index (χ3v) is 2.27. The van der Waals surface area contributed by atoms with Crippen molar-refractivity contribution in [2.75, 3.05) is 14.1 Å². The van der Waals surface area contributed by atoms with E-state index in [2.05, 4.69) is 37.2 Å². The topological polar surface area (TPSA) is 29.3 Å². The maximum atomic E-state index is 5.55. The Morgan fingerprint density at radius 1 is 1.18 bits per heavy atom. The summed E-state index contributed by atoms with van der Waals surface area (Å²) in [6, 6.07) is 16.3. The van der Waals surface area contributed by atoms with Crippen LogP contribution >= 0.6 is 0 Å². The van der Waals surface area contributed by atoms with Crippen LogP contribution in [0.2, 0.25) is 0 Å². The zero-order valence-corrected chi connectivity index (χ0v) is 11.5. The summed E-state index contributed by atoms with van der Waals surface area (Å²) < 4.78 is 0. The minimum Gasteiger partial charge on any atom is -0.748 e. The van der Waals surface area contributed by atoms with Crippen molar-refractivity contribution in [3.8, 4) is 0 Å². The van der Waals surface area contributed by atoms with Crippen molar-refractivity contribution in [1.29, 1.82) is 0 Å². The summed E-state index contributed by atoms with van der Waals surface area (Å²) in [4.78, 5) is 2.15. The number of hydrogen-bond donors (Lipinski definition) is 1. The van der Waals surface area contributed by atoms with Crippen LogP contribution in [0.5, 0.6) is 0 Å². The molecule has 0 spiro atoms. The Hall–Kier alpha value is -0.861. The van der Waals surface area contributed by atoms with E-state index in [0.717, 1.165) is 6.54 Å². The molecule has 2 nitrogen and oxygen atoms in total. The van der Waals surface area contributed by atoms with E-state index in [1.54, 1.807) is 0 Å². The molecule has 0 radical (unpaired) electrons.